The Morgan fingerprint density at radius 1 is 1.47 bits per heavy atom. The molecule has 0 saturated heterocycles. The molecule has 1 N–H and O–H groups in total. The standard InChI is InChI=1S/C12H12N2O3/c1-8-3-4-10(12(15)16)11(5-8)17-9-6-13-14(2)7-9/h3-7H,1-2H3,(H,15,16). The molecule has 2 aromatic rings. The zero-order valence-electron chi connectivity index (χ0n) is 9.54. The van der Waals surface area contributed by atoms with Gasteiger partial charge in [-0.1, -0.05) is 6.07 Å². The van der Waals surface area contributed by atoms with Gasteiger partial charge in [-0.25, -0.2) is 4.79 Å². The zero-order chi connectivity index (χ0) is 12.4. The van der Waals surface area contributed by atoms with Crippen molar-refractivity contribution in [2.24, 2.45) is 7.05 Å². The van der Waals surface area contributed by atoms with Crippen LogP contribution in [-0.4, -0.2) is 20.9 Å². The van der Waals surface area contributed by atoms with E-state index >= 15 is 0 Å². The monoisotopic (exact) mass is 232 g/mol. The first-order valence-corrected chi connectivity index (χ1v) is 5.06. The molecule has 0 amide bonds. The molecular weight excluding hydrogens is 220 g/mol. The topological polar surface area (TPSA) is 64.3 Å². The summed E-state index contributed by atoms with van der Waals surface area (Å²) in [5, 5.41) is 13.0. The molecule has 2 rings (SSSR count). The Hall–Kier alpha value is -2.30. The molecule has 88 valence electrons. The average molecular weight is 232 g/mol. The Kier molecular flexibility index (Phi) is 2.82. The van der Waals surface area contributed by atoms with E-state index in [1.165, 1.54) is 12.3 Å². The lowest BCUT2D eigenvalue weighted by molar-refractivity contribution is 0.0694. The van der Waals surface area contributed by atoms with Gasteiger partial charge < -0.3 is 9.84 Å². The van der Waals surface area contributed by atoms with Crippen molar-refractivity contribution in [2.45, 2.75) is 6.92 Å². The van der Waals surface area contributed by atoms with Crippen molar-refractivity contribution in [3.63, 3.8) is 0 Å². The minimum absolute atomic E-state index is 0.138. The van der Waals surface area contributed by atoms with Crippen LogP contribution < -0.4 is 4.74 Å². The Labute approximate surface area is 98.3 Å². The average Bonchev–Trinajstić information content (AvgIpc) is 2.63. The first kappa shape index (κ1) is 11.2. The number of carboxylic acid groups (broad SMARTS) is 1. The van der Waals surface area contributed by atoms with Crippen molar-refractivity contribution < 1.29 is 14.6 Å². The largest absolute Gasteiger partial charge is 0.478 e. The minimum atomic E-state index is -1.01. The van der Waals surface area contributed by atoms with Gasteiger partial charge in [0.15, 0.2) is 5.75 Å². The van der Waals surface area contributed by atoms with Gasteiger partial charge in [0.25, 0.3) is 0 Å². The SMILES string of the molecule is Cc1ccc(C(=O)O)c(Oc2cnn(C)c2)c1. The number of aryl methyl sites for hydroxylation is 2. The predicted octanol–water partition coefficient (Wildman–Crippen LogP) is 2.22. The zero-order valence-corrected chi connectivity index (χ0v) is 9.54. The highest BCUT2D eigenvalue weighted by molar-refractivity contribution is 5.91. The lowest BCUT2D eigenvalue weighted by atomic mass is 10.1. The molecule has 0 aliphatic rings. The Morgan fingerprint density at radius 3 is 2.82 bits per heavy atom. The van der Waals surface area contributed by atoms with E-state index < -0.39 is 5.97 Å². The fourth-order valence-corrected chi connectivity index (χ4v) is 1.47. The molecule has 0 radical (unpaired) electrons. The van der Waals surface area contributed by atoms with Crippen LogP contribution in [0.25, 0.3) is 0 Å². The number of hydrogen-bond acceptors (Lipinski definition) is 3. The van der Waals surface area contributed by atoms with E-state index in [0.717, 1.165) is 5.56 Å². The van der Waals surface area contributed by atoms with Crippen LogP contribution in [0.2, 0.25) is 0 Å². The molecule has 0 aliphatic heterocycles. The summed E-state index contributed by atoms with van der Waals surface area (Å²) in [6.45, 7) is 1.88. The van der Waals surface area contributed by atoms with Gasteiger partial charge in [0.05, 0.1) is 12.4 Å². The lowest BCUT2D eigenvalue weighted by Gasteiger charge is -2.07. The highest BCUT2D eigenvalue weighted by atomic mass is 16.5. The summed E-state index contributed by atoms with van der Waals surface area (Å²) in [6.07, 6.45) is 3.21. The van der Waals surface area contributed by atoms with Gasteiger partial charge >= 0.3 is 5.97 Å². The third-order valence-corrected chi connectivity index (χ3v) is 2.28. The highest BCUT2D eigenvalue weighted by Crippen LogP contribution is 2.26. The molecule has 0 unspecified atom stereocenters. The van der Waals surface area contributed by atoms with Crippen LogP contribution in [0, 0.1) is 6.92 Å². The number of nitrogens with zero attached hydrogens (tertiary/aromatic N) is 2. The molecule has 5 heteroatoms. The Morgan fingerprint density at radius 2 is 2.24 bits per heavy atom. The van der Waals surface area contributed by atoms with Gasteiger partial charge in [0.1, 0.15) is 11.3 Å². The van der Waals surface area contributed by atoms with Crippen LogP contribution in [0.4, 0.5) is 0 Å². The quantitative estimate of drug-likeness (QED) is 0.881. The molecule has 17 heavy (non-hydrogen) atoms. The van der Waals surface area contributed by atoms with E-state index in [2.05, 4.69) is 5.10 Å². The van der Waals surface area contributed by atoms with Crippen molar-refractivity contribution in [3.05, 3.63) is 41.7 Å². The summed E-state index contributed by atoms with van der Waals surface area (Å²) in [4.78, 5) is 11.0. The summed E-state index contributed by atoms with van der Waals surface area (Å²) in [5.74, 6) is -0.171. The van der Waals surface area contributed by atoms with E-state index in [-0.39, 0.29) is 5.56 Å². The molecule has 0 atom stereocenters. The van der Waals surface area contributed by atoms with Crippen molar-refractivity contribution in [3.8, 4) is 11.5 Å². The molecule has 1 heterocycles. The van der Waals surface area contributed by atoms with Gasteiger partial charge in [-0.2, -0.15) is 5.10 Å². The molecule has 0 spiro atoms. The minimum Gasteiger partial charge on any atom is -0.478 e. The maximum atomic E-state index is 11.0. The van der Waals surface area contributed by atoms with Gasteiger partial charge in [0, 0.05) is 7.05 Å². The first-order chi connectivity index (χ1) is 8.06. The normalized spacial score (nSPS) is 10.2. The maximum absolute atomic E-state index is 11.0. The Bertz CT molecular complexity index is 561. The number of carbonyl (C=O) groups is 1. The van der Waals surface area contributed by atoms with E-state index in [0.29, 0.717) is 11.5 Å². The van der Waals surface area contributed by atoms with Gasteiger partial charge in [-0.15, -0.1) is 0 Å². The van der Waals surface area contributed by atoms with Gasteiger partial charge in [-0.05, 0) is 24.6 Å². The highest BCUT2D eigenvalue weighted by Gasteiger charge is 2.12. The second kappa shape index (κ2) is 4.29. The van der Waals surface area contributed by atoms with E-state index in [9.17, 15) is 4.79 Å². The molecule has 5 nitrogen and oxygen atoms in total. The Balaban J connectivity index is 2.37. The van der Waals surface area contributed by atoms with Crippen LogP contribution in [-0.2, 0) is 7.05 Å². The molecule has 0 bridgehead atoms. The fraction of sp³-hybridized carbons (Fsp3) is 0.167. The molecule has 0 aliphatic carbocycles. The molecule has 1 aromatic heterocycles. The van der Waals surface area contributed by atoms with E-state index in [1.807, 2.05) is 6.92 Å². The third-order valence-electron chi connectivity index (χ3n) is 2.28. The summed E-state index contributed by atoms with van der Waals surface area (Å²) in [7, 11) is 1.77. The van der Waals surface area contributed by atoms with E-state index in [4.69, 9.17) is 9.84 Å². The molecule has 1 aromatic carbocycles. The molecular formula is C12H12N2O3. The van der Waals surface area contributed by atoms with Crippen molar-refractivity contribution >= 4 is 5.97 Å². The number of aromatic carboxylic acids is 1. The summed E-state index contributed by atoms with van der Waals surface area (Å²) in [6, 6.07) is 4.96. The maximum Gasteiger partial charge on any atom is 0.339 e. The van der Waals surface area contributed by atoms with Crippen molar-refractivity contribution in [2.75, 3.05) is 0 Å². The van der Waals surface area contributed by atoms with Gasteiger partial charge in [0.2, 0.25) is 0 Å². The third kappa shape index (κ3) is 2.44. The van der Waals surface area contributed by atoms with Crippen LogP contribution in [0.5, 0.6) is 11.5 Å². The summed E-state index contributed by atoms with van der Waals surface area (Å²) < 4.78 is 7.10. The second-order valence-electron chi connectivity index (χ2n) is 3.76. The fourth-order valence-electron chi connectivity index (χ4n) is 1.47. The van der Waals surface area contributed by atoms with Crippen LogP contribution in [0.3, 0.4) is 0 Å². The number of ether oxygens (including phenoxy) is 1. The van der Waals surface area contributed by atoms with Gasteiger partial charge in [-0.3, -0.25) is 4.68 Å². The van der Waals surface area contributed by atoms with Crippen molar-refractivity contribution in [1.82, 2.24) is 9.78 Å². The summed E-state index contributed by atoms with van der Waals surface area (Å²) in [5.41, 5.74) is 1.08. The molecule has 0 saturated carbocycles. The van der Waals surface area contributed by atoms with Crippen molar-refractivity contribution in [1.29, 1.82) is 0 Å². The van der Waals surface area contributed by atoms with Crippen LogP contribution >= 0.6 is 0 Å². The predicted molar refractivity (Wildman–Crippen MR) is 61.4 cm³/mol. The number of rotatable bonds is 3. The number of aromatic nitrogens is 2. The van der Waals surface area contributed by atoms with Crippen LogP contribution in [0.1, 0.15) is 15.9 Å². The van der Waals surface area contributed by atoms with E-state index in [1.54, 1.807) is 30.1 Å². The lowest BCUT2D eigenvalue weighted by Crippen LogP contribution is -2.00. The number of hydrogen-bond donors (Lipinski definition) is 1. The number of carboxylic acids is 1. The smallest absolute Gasteiger partial charge is 0.339 e. The van der Waals surface area contributed by atoms with Crippen LogP contribution in [0.15, 0.2) is 30.6 Å². The number of benzene rings is 1. The summed E-state index contributed by atoms with van der Waals surface area (Å²) >= 11 is 0. The first-order valence-electron chi connectivity index (χ1n) is 5.06. The molecule has 0 fully saturated rings. The second-order valence-corrected chi connectivity index (χ2v) is 3.76.